The van der Waals surface area contributed by atoms with Gasteiger partial charge in [-0.2, -0.15) is 0 Å². The smallest absolute Gasteiger partial charge is 0.123 e. The Hall–Kier alpha value is -1.14. The summed E-state index contributed by atoms with van der Waals surface area (Å²) in [5.41, 5.74) is 2.54. The maximum Gasteiger partial charge on any atom is 0.123 e. The van der Waals surface area contributed by atoms with Crippen LogP contribution in [0, 0.1) is 0 Å². The van der Waals surface area contributed by atoms with Crippen molar-refractivity contribution in [2.75, 3.05) is 26.7 Å². The van der Waals surface area contributed by atoms with Gasteiger partial charge in [0.05, 0.1) is 23.9 Å². The summed E-state index contributed by atoms with van der Waals surface area (Å²) in [7, 11) is 1.75. The van der Waals surface area contributed by atoms with Crippen molar-refractivity contribution >= 4 is 23.7 Å². The largest absolute Gasteiger partial charge is 0.496 e. The number of benzene rings is 1. The zero-order chi connectivity index (χ0) is 17.2. The van der Waals surface area contributed by atoms with Crippen LogP contribution in [-0.2, 0) is 12.0 Å². The molecule has 1 unspecified atom stereocenters. The summed E-state index contributed by atoms with van der Waals surface area (Å²) < 4.78 is 5.58. The molecule has 6 heteroatoms. The number of ether oxygens (including phenoxy) is 1. The predicted octanol–water partition coefficient (Wildman–Crippen LogP) is 4.02. The molecule has 138 valence electrons. The minimum Gasteiger partial charge on any atom is -0.496 e. The summed E-state index contributed by atoms with van der Waals surface area (Å²) in [4.78, 5) is 7.38. The van der Waals surface area contributed by atoms with Gasteiger partial charge >= 0.3 is 0 Å². The van der Waals surface area contributed by atoms with Gasteiger partial charge in [-0.15, -0.1) is 23.7 Å². The van der Waals surface area contributed by atoms with E-state index >= 15 is 0 Å². The third-order valence-electron chi connectivity index (χ3n) is 4.41. The molecule has 1 aromatic carbocycles. The molecule has 1 aliphatic rings. The maximum absolute atomic E-state index is 5.58. The van der Waals surface area contributed by atoms with Crippen LogP contribution >= 0.6 is 23.7 Å². The molecule has 0 amide bonds. The van der Waals surface area contributed by atoms with Gasteiger partial charge in [-0.1, -0.05) is 39.0 Å². The van der Waals surface area contributed by atoms with Gasteiger partial charge in [0, 0.05) is 42.5 Å². The van der Waals surface area contributed by atoms with Gasteiger partial charge in [-0.25, -0.2) is 4.98 Å². The van der Waals surface area contributed by atoms with E-state index in [0.717, 1.165) is 31.9 Å². The van der Waals surface area contributed by atoms with Crippen molar-refractivity contribution in [2.45, 2.75) is 38.8 Å². The monoisotopic (exact) mass is 381 g/mol. The molecule has 25 heavy (non-hydrogen) atoms. The number of piperazine rings is 1. The molecule has 0 spiro atoms. The Labute approximate surface area is 161 Å². The first-order chi connectivity index (χ1) is 11.5. The lowest BCUT2D eigenvalue weighted by molar-refractivity contribution is 0.149. The summed E-state index contributed by atoms with van der Waals surface area (Å²) in [6.45, 7) is 10.5. The molecule has 0 radical (unpaired) electrons. The van der Waals surface area contributed by atoms with Crippen molar-refractivity contribution in [1.29, 1.82) is 0 Å². The molecule has 1 aliphatic heterocycles. The van der Waals surface area contributed by atoms with E-state index in [9.17, 15) is 0 Å². The molecule has 1 fully saturated rings. The van der Waals surface area contributed by atoms with Gasteiger partial charge in [-0.3, -0.25) is 4.90 Å². The first kappa shape index (κ1) is 20.2. The Balaban J connectivity index is 0.00000225. The van der Waals surface area contributed by atoms with E-state index in [1.807, 2.05) is 12.1 Å². The number of aromatic nitrogens is 1. The van der Waals surface area contributed by atoms with Crippen LogP contribution in [0.1, 0.15) is 43.1 Å². The third kappa shape index (κ3) is 4.73. The van der Waals surface area contributed by atoms with Crippen molar-refractivity contribution < 1.29 is 4.74 Å². The van der Waals surface area contributed by atoms with Crippen molar-refractivity contribution in [3.63, 3.8) is 0 Å². The van der Waals surface area contributed by atoms with Gasteiger partial charge in [0.2, 0.25) is 0 Å². The number of hydrogen-bond acceptors (Lipinski definition) is 5. The topological polar surface area (TPSA) is 37.4 Å². The number of methoxy groups -OCH3 is 1. The molecule has 2 aromatic rings. The fraction of sp³-hybridized carbons (Fsp3) is 0.526. The molecule has 1 saturated heterocycles. The van der Waals surface area contributed by atoms with Gasteiger partial charge in [0.15, 0.2) is 0 Å². The second-order valence-corrected chi connectivity index (χ2v) is 8.18. The van der Waals surface area contributed by atoms with Gasteiger partial charge in [0.25, 0.3) is 0 Å². The van der Waals surface area contributed by atoms with Crippen LogP contribution in [-0.4, -0.2) is 36.6 Å². The number of rotatable bonds is 4. The van der Waals surface area contributed by atoms with Crippen molar-refractivity contribution in [1.82, 2.24) is 15.2 Å². The first-order valence-corrected chi connectivity index (χ1v) is 9.39. The Kier molecular flexibility index (Phi) is 6.86. The molecule has 4 nitrogen and oxygen atoms in total. The first-order valence-electron chi connectivity index (χ1n) is 8.51. The maximum atomic E-state index is 5.58. The second-order valence-electron chi connectivity index (χ2n) is 7.33. The Morgan fingerprint density at radius 2 is 2.08 bits per heavy atom. The van der Waals surface area contributed by atoms with E-state index in [0.29, 0.717) is 6.04 Å². The lowest BCUT2D eigenvalue weighted by atomic mass is 9.98. The average Bonchev–Trinajstić information content (AvgIpc) is 3.04. The number of halogens is 1. The SMILES string of the molecule is COc1ccccc1C1CNCCN1Cc1csc(C(C)(C)C)n1.Cl. The Morgan fingerprint density at radius 3 is 2.76 bits per heavy atom. The van der Waals surface area contributed by atoms with Gasteiger partial charge in [0.1, 0.15) is 5.75 Å². The molecule has 0 aliphatic carbocycles. The molecular weight excluding hydrogens is 354 g/mol. The lowest BCUT2D eigenvalue weighted by Gasteiger charge is -2.36. The van der Waals surface area contributed by atoms with Crippen LogP contribution in [0.15, 0.2) is 29.6 Å². The number of hydrogen-bond donors (Lipinski definition) is 1. The number of nitrogens with one attached hydrogen (secondary N) is 1. The molecule has 0 bridgehead atoms. The van der Waals surface area contributed by atoms with E-state index in [2.05, 4.69) is 48.5 Å². The molecule has 3 rings (SSSR count). The van der Waals surface area contributed by atoms with Crippen LogP contribution < -0.4 is 10.1 Å². The van der Waals surface area contributed by atoms with Crippen LogP contribution in [0.2, 0.25) is 0 Å². The molecule has 1 atom stereocenters. The van der Waals surface area contributed by atoms with E-state index in [4.69, 9.17) is 9.72 Å². The normalized spacial score (nSPS) is 18.6. The number of nitrogens with zero attached hydrogens (tertiary/aromatic N) is 2. The van der Waals surface area contributed by atoms with E-state index < -0.39 is 0 Å². The second kappa shape index (κ2) is 8.49. The highest BCUT2D eigenvalue weighted by molar-refractivity contribution is 7.09. The number of para-hydroxylation sites is 1. The van der Waals surface area contributed by atoms with Crippen molar-refractivity contribution in [3.8, 4) is 5.75 Å². The summed E-state index contributed by atoms with van der Waals surface area (Å²) in [5, 5.41) is 6.93. The summed E-state index contributed by atoms with van der Waals surface area (Å²) in [6, 6.07) is 8.65. The molecule has 1 aromatic heterocycles. The Morgan fingerprint density at radius 1 is 1.32 bits per heavy atom. The van der Waals surface area contributed by atoms with E-state index in [-0.39, 0.29) is 17.8 Å². The standard InChI is InChI=1S/C19H27N3OS.ClH/c1-19(2,3)18-21-14(13-24-18)12-22-10-9-20-11-16(22)15-7-5-6-8-17(15)23-4;/h5-8,13,16,20H,9-12H2,1-4H3;1H. The predicted molar refractivity (Wildman–Crippen MR) is 107 cm³/mol. The fourth-order valence-corrected chi connectivity index (χ4v) is 4.01. The van der Waals surface area contributed by atoms with Crippen LogP contribution in [0.3, 0.4) is 0 Å². The van der Waals surface area contributed by atoms with Crippen molar-refractivity contribution in [3.05, 3.63) is 45.9 Å². The summed E-state index contributed by atoms with van der Waals surface area (Å²) in [5.74, 6) is 0.963. The minimum atomic E-state index is 0. The highest BCUT2D eigenvalue weighted by atomic mass is 35.5. The fourth-order valence-electron chi connectivity index (χ4n) is 3.12. The molecule has 0 saturated carbocycles. The van der Waals surface area contributed by atoms with Crippen LogP contribution in [0.4, 0.5) is 0 Å². The lowest BCUT2D eigenvalue weighted by Crippen LogP contribution is -2.45. The zero-order valence-electron chi connectivity index (χ0n) is 15.4. The summed E-state index contributed by atoms with van der Waals surface area (Å²) in [6.07, 6.45) is 0. The Bertz CT molecular complexity index is 683. The molecule has 1 N–H and O–H groups in total. The van der Waals surface area contributed by atoms with Crippen LogP contribution in [0.25, 0.3) is 0 Å². The number of thiazole rings is 1. The third-order valence-corrected chi connectivity index (χ3v) is 5.73. The van der Waals surface area contributed by atoms with Crippen molar-refractivity contribution in [2.24, 2.45) is 0 Å². The minimum absolute atomic E-state index is 0. The molecular formula is C19H28ClN3OS. The average molecular weight is 382 g/mol. The molecule has 2 heterocycles. The highest BCUT2D eigenvalue weighted by Gasteiger charge is 2.27. The van der Waals surface area contributed by atoms with Crippen LogP contribution in [0.5, 0.6) is 5.75 Å². The van der Waals surface area contributed by atoms with Gasteiger partial charge < -0.3 is 10.1 Å². The zero-order valence-corrected chi connectivity index (χ0v) is 17.0. The van der Waals surface area contributed by atoms with Gasteiger partial charge in [-0.05, 0) is 6.07 Å². The summed E-state index contributed by atoms with van der Waals surface area (Å²) >= 11 is 1.77. The quantitative estimate of drug-likeness (QED) is 0.867. The van der Waals surface area contributed by atoms with E-state index in [1.54, 1.807) is 18.4 Å². The van der Waals surface area contributed by atoms with E-state index in [1.165, 1.54) is 16.3 Å². The highest BCUT2D eigenvalue weighted by Crippen LogP contribution is 2.32.